The number of ether oxygens (including phenoxy) is 2. The van der Waals surface area contributed by atoms with Gasteiger partial charge in [0.25, 0.3) is 5.56 Å². The molecule has 0 fully saturated rings. The molecule has 6 nitrogen and oxygen atoms in total. The van der Waals surface area contributed by atoms with Crippen LogP contribution in [-0.2, 0) is 9.53 Å². The Bertz CT molecular complexity index is 503. The lowest BCUT2D eigenvalue weighted by Crippen LogP contribution is -2.17. The number of rotatable bonds is 3. The number of hydrogen-bond donors (Lipinski definition) is 1. The Labute approximate surface area is 97.6 Å². The maximum absolute atomic E-state index is 11.6. The minimum Gasteiger partial charge on any atom is -0.462 e. The molecule has 0 amide bonds. The molecule has 0 atom stereocenters. The van der Waals surface area contributed by atoms with Crippen molar-refractivity contribution < 1.29 is 19.1 Å². The van der Waals surface area contributed by atoms with Crippen LogP contribution in [0.2, 0.25) is 0 Å². The van der Waals surface area contributed by atoms with Gasteiger partial charge in [0.15, 0.2) is 5.75 Å². The van der Waals surface area contributed by atoms with Crippen LogP contribution in [0.25, 0.3) is 0 Å². The van der Waals surface area contributed by atoms with Gasteiger partial charge in [0.1, 0.15) is 5.56 Å². The van der Waals surface area contributed by atoms with Crippen molar-refractivity contribution in [3.05, 3.63) is 27.7 Å². The van der Waals surface area contributed by atoms with Gasteiger partial charge in [-0.05, 0) is 13.8 Å². The second kappa shape index (κ2) is 5.29. The van der Waals surface area contributed by atoms with Gasteiger partial charge in [0.2, 0.25) is 0 Å². The average molecular weight is 239 g/mol. The fourth-order valence-electron chi connectivity index (χ4n) is 1.35. The standard InChI is InChI=1S/C11H13NO5/c1-4-16-11(15)10-6(2)12-9(14)5-8(10)17-7(3)13/h5H,4H2,1-3H3,(H,12,14). The summed E-state index contributed by atoms with van der Waals surface area (Å²) in [6, 6.07) is 1.04. The van der Waals surface area contributed by atoms with Crippen LogP contribution in [0.5, 0.6) is 5.75 Å². The molecule has 17 heavy (non-hydrogen) atoms. The average Bonchev–Trinajstić information content (AvgIpc) is 2.15. The normalized spacial score (nSPS) is 9.82. The number of aromatic nitrogens is 1. The van der Waals surface area contributed by atoms with Crippen molar-refractivity contribution in [2.24, 2.45) is 0 Å². The predicted octanol–water partition coefficient (Wildman–Crippen LogP) is 0.785. The summed E-state index contributed by atoms with van der Waals surface area (Å²) < 4.78 is 9.63. The highest BCUT2D eigenvalue weighted by Crippen LogP contribution is 2.19. The smallest absolute Gasteiger partial charge is 0.343 e. The Kier molecular flexibility index (Phi) is 4.03. The Morgan fingerprint density at radius 1 is 1.41 bits per heavy atom. The quantitative estimate of drug-likeness (QED) is 0.788. The summed E-state index contributed by atoms with van der Waals surface area (Å²) in [4.78, 5) is 36.2. The molecule has 1 rings (SSSR count). The summed E-state index contributed by atoms with van der Waals surface area (Å²) in [5.41, 5.74) is -0.0966. The van der Waals surface area contributed by atoms with Crippen LogP contribution >= 0.6 is 0 Å². The third-order valence-electron chi connectivity index (χ3n) is 1.93. The molecule has 0 saturated carbocycles. The number of hydrogen-bond acceptors (Lipinski definition) is 5. The maximum Gasteiger partial charge on any atom is 0.343 e. The summed E-state index contributed by atoms with van der Waals surface area (Å²) in [5.74, 6) is -1.34. The van der Waals surface area contributed by atoms with E-state index in [1.165, 1.54) is 13.8 Å². The molecule has 6 heteroatoms. The van der Waals surface area contributed by atoms with Crippen molar-refractivity contribution >= 4 is 11.9 Å². The van der Waals surface area contributed by atoms with Gasteiger partial charge in [0.05, 0.1) is 6.61 Å². The van der Waals surface area contributed by atoms with Crippen LogP contribution in [0.15, 0.2) is 10.9 Å². The molecule has 1 N–H and O–H groups in total. The zero-order valence-electron chi connectivity index (χ0n) is 9.83. The van der Waals surface area contributed by atoms with Crippen molar-refractivity contribution in [2.75, 3.05) is 6.61 Å². The molecule has 0 saturated heterocycles. The monoisotopic (exact) mass is 239 g/mol. The summed E-state index contributed by atoms with van der Waals surface area (Å²) in [5, 5.41) is 0. The SMILES string of the molecule is CCOC(=O)c1c(OC(C)=O)cc(=O)[nH]c1C. The van der Waals surface area contributed by atoms with E-state index in [0.717, 1.165) is 6.07 Å². The number of carbonyl (C=O) groups excluding carboxylic acids is 2. The maximum atomic E-state index is 11.6. The van der Waals surface area contributed by atoms with Gasteiger partial charge in [0, 0.05) is 18.7 Å². The molecule has 1 heterocycles. The van der Waals surface area contributed by atoms with Crippen LogP contribution in [0.4, 0.5) is 0 Å². The molecule has 1 aromatic rings. The molecule has 1 aromatic heterocycles. The molecule has 92 valence electrons. The number of H-pyrrole nitrogens is 1. The topological polar surface area (TPSA) is 85.5 Å². The van der Waals surface area contributed by atoms with Crippen LogP contribution in [0, 0.1) is 6.92 Å². The van der Waals surface area contributed by atoms with Gasteiger partial charge < -0.3 is 14.5 Å². The number of esters is 2. The van der Waals surface area contributed by atoms with Gasteiger partial charge in [-0.15, -0.1) is 0 Å². The molecule has 0 bridgehead atoms. The largest absolute Gasteiger partial charge is 0.462 e. The van der Waals surface area contributed by atoms with Gasteiger partial charge in [-0.3, -0.25) is 9.59 Å². The molecular weight excluding hydrogens is 226 g/mol. The number of aromatic amines is 1. The molecule has 0 aliphatic heterocycles. The van der Waals surface area contributed by atoms with E-state index >= 15 is 0 Å². The number of aryl methyl sites for hydroxylation is 1. The molecule has 0 unspecified atom stereocenters. The number of carbonyl (C=O) groups is 2. The van der Waals surface area contributed by atoms with E-state index in [2.05, 4.69) is 4.98 Å². The first kappa shape index (κ1) is 13.0. The Hall–Kier alpha value is -2.11. The summed E-state index contributed by atoms with van der Waals surface area (Å²) in [7, 11) is 0. The predicted molar refractivity (Wildman–Crippen MR) is 59.1 cm³/mol. The van der Waals surface area contributed by atoms with Crippen molar-refractivity contribution in [3.63, 3.8) is 0 Å². The molecule has 0 spiro atoms. The van der Waals surface area contributed by atoms with E-state index in [1.807, 2.05) is 0 Å². The van der Waals surface area contributed by atoms with Crippen LogP contribution in [-0.4, -0.2) is 23.5 Å². The third kappa shape index (κ3) is 3.17. The number of nitrogens with one attached hydrogen (secondary N) is 1. The Morgan fingerprint density at radius 3 is 2.59 bits per heavy atom. The summed E-state index contributed by atoms with van der Waals surface area (Å²) >= 11 is 0. The van der Waals surface area contributed by atoms with Crippen molar-refractivity contribution in [3.8, 4) is 5.75 Å². The van der Waals surface area contributed by atoms with E-state index in [-0.39, 0.29) is 17.9 Å². The van der Waals surface area contributed by atoms with E-state index in [0.29, 0.717) is 5.69 Å². The Morgan fingerprint density at radius 2 is 2.06 bits per heavy atom. The third-order valence-corrected chi connectivity index (χ3v) is 1.93. The van der Waals surface area contributed by atoms with Crippen LogP contribution < -0.4 is 10.3 Å². The first-order chi connectivity index (χ1) is 7.95. The number of pyridine rings is 1. The lowest BCUT2D eigenvalue weighted by Gasteiger charge is -2.10. The lowest BCUT2D eigenvalue weighted by molar-refractivity contribution is -0.131. The first-order valence-corrected chi connectivity index (χ1v) is 5.05. The molecule has 0 aliphatic carbocycles. The molecule has 0 aliphatic rings. The minimum absolute atomic E-state index is 0.0571. The van der Waals surface area contributed by atoms with E-state index in [9.17, 15) is 14.4 Å². The zero-order valence-corrected chi connectivity index (χ0v) is 9.83. The highest BCUT2D eigenvalue weighted by molar-refractivity contribution is 5.94. The lowest BCUT2D eigenvalue weighted by atomic mass is 10.2. The first-order valence-electron chi connectivity index (χ1n) is 5.05. The highest BCUT2D eigenvalue weighted by Gasteiger charge is 2.19. The highest BCUT2D eigenvalue weighted by atomic mass is 16.5. The molecule has 0 radical (unpaired) electrons. The van der Waals surface area contributed by atoms with Gasteiger partial charge in [-0.2, -0.15) is 0 Å². The van der Waals surface area contributed by atoms with Crippen LogP contribution in [0.1, 0.15) is 29.9 Å². The fourth-order valence-corrected chi connectivity index (χ4v) is 1.35. The van der Waals surface area contributed by atoms with E-state index in [1.54, 1.807) is 6.92 Å². The van der Waals surface area contributed by atoms with Gasteiger partial charge in [-0.1, -0.05) is 0 Å². The molecular formula is C11H13NO5. The van der Waals surface area contributed by atoms with Gasteiger partial charge in [-0.25, -0.2) is 4.79 Å². The minimum atomic E-state index is -0.641. The van der Waals surface area contributed by atoms with Crippen molar-refractivity contribution in [1.82, 2.24) is 4.98 Å². The zero-order chi connectivity index (χ0) is 13.0. The van der Waals surface area contributed by atoms with Crippen molar-refractivity contribution in [1.29, 1.82) is 0 Å². The van der Waals surface area contributed by atoms with Crippen molar-refractivity contribution in [2.45, 2.75) is 20.8 Å². The Balaban J connectivity index is 3.29. The van der Waals surface area contributed by atoms with E-state index < -0.39 is 17.5 Å². The summed E-state index contributed by atoms with van der Waals surface area (Å²) in [6.07, 6.45) is 0. The second-order valence-corrected chi connectivity index (χ2v) is 3.31. The van der Waals surface area contributed by atoms with Gasteiger partial charge >= 0.3 is 11.9 Å². The fraction of sp³-hybridized carbons (Fsp3) is 0.364. The summed E-state index contributed by atoms with van der Waals surface area (Å²) in [6.45, 7) is 4.56. The van der Waals surface area contributed by atoms with E-state index in [4.69, 9.17) is 9.47 Å². The molecule has 0 aromatic carbocycles. The van der Waals surface area contributed by atoms with Crippen LogP contribution in [0.3, 0.4) is 0 Å². The second-order valence-electron chi connectivity index (χ2n) is 3.31.